The van der Waals surface area contributed by atoms with Crippen molar-refractivity contribution in [2.45, 2.75) is 97.5 Å². The van der Waals surface area contributed by atoms with E-state index in [1.165, 1.54) is 50.3 Å². The molecule has 0 aliphatic heterocycles. The maximum atomic E-state index is 12.2. The number of fused-ring (bicyclic) bond motifs is 7. The molecule has 30 heavy (non-hydrogen) atoms. The van der Waals surface area contributed by atoms with Crippen molar-refractivity contribution in [3.63, 3.8) is 0 Å². The molecule has 1 aromatic rings. The Bertz CT molecular complexity index is 904. The number of carbonyl (C=O) groups excluding carboxylic acids is 2. The number of ether oxygens (including phenoxy) is 1. The molecular weight excluding hydrogens is 376 g/mol. The number of hydrogen-bond donors (Lipinski definition) is 0. The Kier molecular flexibility index (Phi) is 4.51. The normalized spacial score (nSPS) is 42.0. The minimum absolute atomic E-state index is 0.0395. The zero-order valence-electron chi connectivity index (χ0n) is 19.2. The summed E-state index contributed by atoms with van der Waals surface area (Å²) in [6.45, 7) is 10.2. The molecule has 0 spiro atoms. The standard InChI is InChI=1S/C25H36N2O3/c1-14-23-22(27(26-14)15(2)28)13-21-19-7-6-17-12-18(30-16(3)29)8-10-24(17,4)20(19)9-11-25(21,23)5/h17-21H,6-13H2,1-5H3/t17-,18?,19?,20?,21?,24-,25-/m0/s1. The van der Waals surface area contributed by atoms with Crippen molar-refractivity contribution in [1.82, 2.24) is 9.78 Å². The van der Waals surface area contributed by atoms with Crippen molar-refractivity contribution < 1.29 is 14.3 Å². The first kappa shape index (κ1) is 20.3. The van der Waals surface area contributed by atoms with Gasteiger partial charge in [0, 0.05) is 19.4 Å². The number of nitrogens with zero attached hydrogens (tertiary/aromatic N) is 2. The first-order chi connectivity index (χ1) is 14.1. The van der Waals surface area contributed by atoms with E-state index in [-0.39, 0.29) is 23.4 Å². The van der Waals surface area contributed by atoms with Gasteiger partial charge in [-0.3, -0.25) is 9.59 Å². The predicted molar refractivity (Wildman–Crippen MR) is 114 cm³/mol. The fourth-order valence-corrected chi connectivity index (χ4v) is 8.54. The Hall–Kier alpha value is -1.65. The van der Waals surface area contributed by atoms with E-state index in [0.717, 1.165) is 36.8 Å². The van der Waals surface area contributed by atoms with Gasteiger partial charge in [0.05, 0.1) is 11.4 Å². The van der Waals surface area contributed by atoms with Crippen LogP contribution in [0.2, 0.25) is 0 Å². The molecule has 5 heteroatoms. The molecule has 5 rings (SSSR count). The molecule has 1 heterocycles. The summed E-state index contributed by atoms with van der Waals surface area (Å²) >= 11 is 0. The number of aryl methyl sites for hydroxylation is 1. The summed E-state index contributed by atoms with van der Waals surface area (Å²) in [6, 6.07) is 0. The minimum atomic E-state index is -0.135. The molecule has 7 atom stereocenters. The van der Waals surface area contributed by atoms with Crippen molar-refractivity contribution in [1.29, 1.82) is 0 Å². The summed E-state index contributed by atoms with van der Waals surface area (Å²) in [4.78, 5) is 23.7. The number of rotatable bonds is 1. The molecule has 4 aliphatic rings. The fourth-order valence-electron chi connectivity index (χ4n) is 8.54. The molecule has 4 unspecified atom stereocenters. The lowest BCUT2D eigenvalue weighted by molar-refractivity contribution is -0.157. The van der Waals surface area contributed by atoms with Crippen LogP contribution in [0.4, 0.5) is 0 Å². The third-order valence-electron chi connectivity index (χ3n) is 9.78. The van der Waals surface area contributed by atoms with Gasteiger partial charge in [-0.05, 0) is 92.8 Å². The summed E-state index contributed by atoms with van der Waals surface area (Å²) in [6.07, 6.45) is 9.34. The first-order valence-corrected chi connectivity index (χ1v) is 11.9. The molecule has 1 aromatic heterocycles. The van der Waals surface area contributed by atoms with Crippen LogP contribution in [0.3, 0.4) is 0 Å². The number of esters is 1. The van der Waals surface area contributed by atoms with Crippen LogP contribution < -0.4 is 0 Å². The molecule has 0 N–H and O–H groups in total. The summed E-state index contributed by atoms with van der Waals surface area (Å²) in [5.74, 6) is 2.66. The van der Waals surface area contributed by atoms with Gasteiger partial charge >= 0.3 is 5.97 Å². The van der Waals surface area contributed by atoms with Crippen LogP contribution in [0.25, 0.3) is 0 Å². The average Bonchev–Trinajstić information content (AvgIpc) is 3.16. The van der Waals surface area contributed by atoms with Gasteiger partial charge < -0.3 is 4.74 Å². The topological polar surface area (TPSA) is 61.2 Å². The van der Waals surface area contributed by atoms with Crippen molar-refractivity contribution in [3.05, 3.63) is 17.0 Å². The van der Waals surface area contributed by atoms with Gasteiger partial charge in [0.15, 0.2) is 0 Å². The lowest BCUT2D eigenvalue weighted by atomic mass is 9.45. The molecule has 164 valence electrons. The molecule has 3 fully saturated rings. The highest BCUT2D eigenvalue weighted by Crippen LogP contribution is 2.66. The smallest absolute Gasteiger partial charge is 0.302 e. The largest absolute Gasteiger partial charge is 0.463 e. The molecule has 4 aliphatic carbocycles. The van der Waals surface area contributed by atoms with Gasteiger partial charge in [0.25, 0.3) is 0 Å². The average molecular weight is 413 g/mol. The van der Waals surface area contributed by atoms with Crippen LogP contribution in [-0.4, -0.2) is 27.8 Å². The van der Waals surface area contributed by atoms with E-state index in [9.17, 15) is 9.59 Å². The first-order valence-electron chi connectivity index (χ1n) is 11.9. The van der Waals surface area contributed by atoms with Crippen LogP contribution in [-0.2, 0) is 21.4 Å². The molecule has 3 saturated carbocycles. The van der Waals surface area contributed by atoms with E-state index in [0.29, 0.717) is 17.3 Å². The number of aromatic nitrogens is 2. The maximum absolute atomic E-state index is 12.2. The van der Waals surface area contributed by atoms with Crippen molar-refractivity contribution in [2.24, 2.45) is 29.1 Å². The lowest BCUT2D eigenvalue weighted by Crippen LogP contribution is -2.54. The van der Waals surface area contributed by atoms with E-state index in [2.05, 4.69) is 25.9 Å². The fraction of sp³-hybridized carbons (Fsp3) is 0.800. The zero-order valence-corrected chi connectivity index (χ0v) is 19.2. The summed E-state index contributed by atoms with van der Waals surface area (Å²) < 4.78 is 7.30. The Labute approximate surface area is 179 Å². The zero-order chi connectivity index (χ0) is 21.4. The van der Waals surface area contributed by atoms with Crippen molar-refractivity contribution in [3.8, 4) is 0 Å². The second-order valence-corrected chi connectivity index (χ2v) is 11.2. The summed E-state index contributed by atoms with van der Waals surface area (Å²) in [5, 5.41) is 4.61. The molecular formula is C25H36N2O3. The SMILES string of the molecule is CC(=O)OC1CC[C@]2(C)C3CC[C@]4(C)c5c(C)nn(C(C)=O)c5CC4C3CC[C@H]2C1. The van der Waals surface area contributed by atoms with E-state index in [4.69, 9.17) is 4.74 Å². The molecule has 0 amide bonds. The Morgan fingerprint density at radius 1 is 1.07 bits per heavy atom. The third kappa shape index (κ3) is 2.69. The Morgan fingerprint density at radius 3 is 2.53 bits per heavy atom. The second kappa shape index (κ2) is 6.67. The van der Waals surface area contributed by atoms with Crippen molar-refractivity contribution in [2.75, 3.05) is 0 Å². The maximum Gasteiger partial charge on any atom is 0.302 e. The van der Waals surface area contributed by atoms with Crippen LogP contribution >= 0.6 is 0 Å². The highest BCUT2D eigenvalue weighted by atomic mass is 16.5. The Morgan fingerprint density at radius 2 is 1.83 bits per heavy atom. The lowest BCUT2D eigenvalue weighted by Gasteiger charge is -2.60. The van der Waals surface area contributed by atoms with Gasteiger partial charge in [-0.25, -0.2) is 4.68 Å². The summed E-state index contributed by atoms with van der Waals surface area (Å²) in [5.41, 5.74) is 4.15. The van der Waals surface area contributed by atoms with E-state index < -0.39 is 0 Å². The van der Waals surface area contributed by atoms with E-state index >= 15 is 0 Å². The van der Waals surface area contributed by atoms with Gasteiger partial charge in [-0.15, -0.1) is 0 Å². The minimum Gasteiger partial charge on any atom is -0.463 e. The van der Waals surface area contributed by atoms with Crippen LogP contribution in [0.1, 0.15) is 94.4 Å². The van der Waals surface area contributed by atoms with Gasteiger partial charge in [-0.1, -0.05) is 13.8 Å². The third-order valence-corrected chi connectivity index (χ3v) is 9.78. The monoisotopic (exact) mass is 412 g/mol. The number of carbonyl (C=O) groups is 2. The molecule has 0 aromatic carbocycles. The molecule has 0 radical (unpaired) electrons. The predicted octanol–water partition coefficient (Wildman–Crippen LogP) is 4.84. The molecule has 5 nitrogen and oxygen atoms in total. The van der Waals surface area contributed by atoms with Gasteiger partial charge in [0.1, 0.15) is 6.10 Å². The highest BCUT2D eigenvalue weighted by Gasteiger charge is 2.60. The second-order valence-electron chi connectivity index (χ2n) is 11.2. The summed E-state index contributed by atoms with van der Waals surface area (Å²) in [7, 11) is 0. The van der Waals surface area contributed by atoms with Gasteiger partial charge in [-0.2, -0.15) is 5.10 Å². The Balaban J connectivity index is 1.43. The van der Waals surface area contributed by atoms with Crippen LogP contribution in [0, 0.1) is 36.0 Å². The van der Waals surface area contributed by atoms with Crippen LogP contribution in [0.15, 0.2) is 0 Å². The van der Waals surface area contributed by atoms with E-state index in [1.54, 1.807) is 11.6 Å². The molecule has 0 bridgehead atoms. The quantitative estimate of drug-likeness (QED) is 0.619. The van der Waals surface area contributed by atoms with E-state index in [1.807, 2.05) is 0 Å². The molecule has 0 saturated heterocycles. The highest BCUT2D eigenvalue weighted by molar-refractivity contribution is 5.77. The van der Waals surface area contributed by atoms with Crippen LogP contribution in [0.5, 0.6) is 0 Å². The number of hydrogen-bond acceptors (Lipinski definition) is 4. The van der Waals surface area contributed by atoms with Crippen molar-refractivity contribution >= 4 is 11.9 Å². The van der Waals surface area contributed by atoms with Gasteiger partial charge in [0.2, 0.25) is 5.91 Å².